The van der Waals surface area contributed by atoms with E-state index in [1.807, 2.05) is 0 Å². The molecule has 0 aliphatic heterocycles. The van der Waals surface area contributed by atoms with Crippen molar-refractivity contribution >= 4 is 15.7 Å². The molecule has 0 heterocycles. The molecule has 6 heteroatoms. The molecule has 0 radical (unpaired) electrons. The van der Waals surface area contributed by atoms with E-state index in [-0.39, 0.29) is 12.1 Å². The van der Waals surface area contributed by atoms with E-state index in [4.69, 9.17) is 5.73 Å². The summed E-state index contributed by atoms with van der Waals surface area (Å²) in [7, 11) is -3.40. The van der Waals surface area contributed by atoms with Crippen LogP contribution in [0.15, 0.2) is 0 Å². The lowest BCUT2D eigenvalue weighted by Crippen LogP contribution is -2.52. The van der Waals surface area contributed by atoms with Crippen LogP contribution in [0.4, 0.5) is 0 Å². The number of carbonyl (C=O) groups is 1. The van der Waals surface area contributed by atoms with E-state index in [1.54, 1.807) is 0 Å². The van der Waals surface area contributed by atoms with Crippen LogP contribution in [0.3, 0.4) is 0 Å². The molecule has 1 saturated carbocycles. The molecule has 0 unspecified atom stereocenters. The summed E-state index contributed by atoms with van der Waals surface area (Å²) in [6.45, 7) is 2.87. The predicted octanol–water partition coefficient (Wildman–Crippen LogP) is 0.196. The molecule has 1 rings (SSSR count). The predicted molar refractivity (Wildman–Crippen MR) is 67.3 cm³/mol. The second-order valence-electron chi connectivity index (χ2n) is 5.37. The van der Waals surface area contributed by atoms with Gasteiger partial charge in [0.1, 0.15) is 4.75 Å². The molecule has 3 N–H and O–H groups in total. The average molecular weight is 262 g/mol. The van der Waals surface area contributed by atoms with E-state index in [9.17, 15) is 13.2 Å². The molecule has 0 atom stereocenters. The molecule has 100 valence electrons. The van der Waals surface area contributed by atoms with Gasteiger partial charge in [-0.2, -0.15) is 0 Å². The third kappa shape index (κ3) is 3.42. The van der Waals surface area contributed by atoms with Gasteiger partial charge in [0.25, 0.3) is 0 Å². The van der Waals surface area contributed by atoms with Gasteiger partial charge in [0, 0.05) is 18.3 Å². The minimum Gasteiger partial charge on any atom is -0.352 e. The van der Waals surface area contributed by atoms with E-state index in [2.05, 4.69) is 5.32 Å². The van der Waals surface area contributed by atoms with Crippen LogP contribution < -0.4 is 11.1 Å². The molecule has 0 aromatic carbocycles. The highest BCUT2D eigenvalue weighted by Gasteiger charge is 2.39. The molecule has 0 spiro atoms. The van der Waals surface area contributed by atoms with Crippen molar-refractivity contribution in [1.29, 1.82) is 0 Å². The van der Waals surface area contributed by atoms with Crippen molar-refractivity contribution in [2.24, 2.45) is 5.73 Å². The molecule has 0 aromatic heterocycles. The van der Waals surface area contributed by atoms with Gasteiger partial charge in [-0.25, -0.2) is 8.42 Å². The number of hydrogen-bond donors (Lipinski definition) is 2. The monoisotopic (exact) mass is 262 g/mol. The SMILES string of the molecule is CC(C)(C(=O)NC1CCC(N)CC1)S(C)(=O)=O. The van der Waals surface area contributed by atoms with Crippen molar-refractivity contribution in [3.63, 3.8) is 0 Å². The zero-order chi connectivity index (χ0) is 13.3. The summed E-state index contributed by atoms with van der Waals surface area (Å²) >= 11 is 0. The Bertz CT molecular complexity index is 382. The number of carbonyl (C=O) groups excluding carboxylic acids is 1. The van der Waals surface area contributed by atoms with Crippen molar-refractivity contribution in [1.82, 2.24) is 5.32 Å². The average Bonchev–Trinajstić information content (AvgIpc) is 2.19. The number of rotatable bonds is 3. The lowest BCUT2D eigenvalue weighted by atomic mass is 9.91. The van der Waals surface area contributed by atoms with E-state index in [0.717, 1.165) is 31.9 Å². The summed E-state index contributed by atoms with van der Waals surface area (Å²) in [5.41, 5.74) is 5.77. The molecule has 5 nitrogen and oxygen atoms in total. The highest BCUT2D eigenvalue weighted by Crippen LogP contribution is 2.20. The van der Waals surface area contributed by atoms with Gasteiger partial charge in [0.15, 0.2) is 9.84 Å². The van der Waals surface area contributed by atoms with Crippen molar-refractivity contribution in [3.8, 4) is 0 Å². The van der Waals surface area contributed by atoms with Crippen molar-refractivity contribution in [3.05, 3.63) is 0 Å². The molecular weight excluding hydrogens is 240 g/mol. The topological polar surface area (TPSA) is 89.3 Å². The molecule has 0 bridgehead atoms. The van der Waals surface area contributed by atoms with Crippen LogP contribution >= 0.6 is 0 Å². The first kappa shape index (κ1) is 14.4. The van der Waals surface area contributed by atoms with Gasteiger partial charge < -0.3 is 11.1 Å². The van der Waals surface area contributed by atoms with E-state index < -0.39 is 20.5 Å². The molecule has 0 saturated heterocycles. The Hall–Kier alpha value is -0.620. The van der Waals surface area contributed by atoms with Crippen LogP contribution in [-0.2, 0) is 14.6 Å². The number of sulfone groups is 1. The maximum absolute atomic E-state index is 11.9. The third-order valence-corrected chi connectivity index (χ3v) is 5.62. The Morgan fingerprint density at radius 1 is 1.24 bits per heavy atom. The van der Waals surface area contributed by atoms with E-state index in [0.29, 0.717) is 0 Å². The normalized spacial score (nSPS) is 26.6. The Morgan fingerprint density at radius 3 is 2.12 bits per heavy atom. The van der Waals surface area contributed by atoms with E-state index in [1.165, 1.54) is 13.8 Å². The van der Waals surface area contributed by atoms with Crippen molar-refractivity contribution < 1.29 is 13.2 Å². The quantitative estimate of drug-likeness (QED) is 0.760. The number of amides is 1. The summed E-state index contributed by atoms with van der Waals surface area (Å²) in [6.07, 6.45) is 4.50. The summed E-state index contributed by atoms with van der Waals surface area (Å²) in [5.74, 6) is -0.416. The van der Waals surface area contributed by atoms with Gasteiger partial charge in [-0.05, 0) is 39.5 Å². The fourth-order valence-electron chi connectivity index (χ4n) is 1.79. The summed E-state index contributed by atoms with van der Waals surface area (Å²) in [5, 5.41) is 2.81. The fourth-order valence-corrected chi connectivity index (χ4v) is 2.19. The van der Waals surface area contributed by atoms with Gasteiger partial charge in [0.05, 0.1) is 0 Å². The van der Waals surface area contributed by atoms with Gasteiger partial charge in [-0.1, -0.05) is 0 Å². The largest absolute Gasteiger partial charge is 0.352 e. The van der Waals surface area contributed by atoms with Crippen LogP contribution in [0.2, 0.25) is 0 Å². The van der Waals surface area contributed by atoms with Crippen LogP contribution in [-0.4, -0.2) is 37.4 Å². The second kappa shape index (κ2) is 4.94. The van der Waals surface area contributed by atoms with Crippen LogP contribution in [0, 0.1) is 0 Å². The summed E-state index contributed by atoms with van der Waals surface area (Å²) in [6, 6.07) is 0.273. The lowest BCUT2D eigenvalue weighted by Gasteiger charge is -2.30. The molecule has 1 aliphatic carbocycles. The Labute approximate surface area is 103 Å². The number of nitrogens with one attached hydrogen (secondary N) is 1. The highest BCUT2D eigenvalue weighted by molar-refractivity contribution is 7.92. The zero-order valence-electron chi connectivity index (χ0n) is 10.7. The van der Waals surface area contributed by atoms with Crippen molar-refractivity contribution in [2.45, 2.75) is 56.4 Å². The maximum atomic E-state index is 11.9. The number of hydrogen-bond acceptors (Lipinski definition) is 4. The van der Waals surface area contributed by atoms with Gasteiger partial charge in [-0.15, -0.1) is 0 Å². The standard InChI is InChI=1S/C11H22N2O3S/c1-11(2,17(3,15)16)10(14)13-9-6-4-8(12)5-7-9/h8-9H,4-7,12H2,1-3H3,(H,13,14). The van der Waals surface area contributed by atoms with Crippen LogP contribution in [0.5, 0.6) is 0 Å². The minimum absolute atomic E-state index is 0.0586. The first-order valence-electron chi connectivity index (χ1n) is 5.90. The lowest BCUT2D eigenvalue weighted by molar-refractivity contribution is -0.123. The zero-order valence-corrected chi connectivity index (χ0v) is 11.5. The molecule has 1 aliphatic rings. The second-order valence-corrected chi connectivity index (χ2v) is 7.93. The third-order valence-electron chi connectivity index (χ3n) is 3.58. The smallest absolute Gasteiger partial charge is 0.241 e. The minimum atomic E-state index is -3.40. The van der Waals surface area contributed by atoms with Gasteiger partial charge in [-0.3, -0.25) is 4.79 Å². The summed E-state index contributed by atoms with van der Waals surface area (Å²) < 4.78 is 21.6. The molecular formula is C11H22N2O3S. The van der Waals surface area contributed by atoms with Crippen LogP contribution in [0.25, 0.3) is 0 Å². The van der Waals surface area contributed by atoms with Gasteiger partial charge in [0.2, 0.25) is 5.91 Å². The first-order valence-corrected chi connectivity index (χ1v) is 7.80. The van der Waals surface area contributed by atoms with E-state index >= 15 is 0 Å². The maximum Gasteiger partial charge on any atom is 0.241 e. The Kier molecular flexibility index (Phi) is 4.19. The fraction of sp³-hybridized carbons (Fsp3) is 0.909. The highest BCUT2D eigenvalue weighted by atomic mass is 32.2. The molecule has 1 amide bonds. The van der Waals surface area contributed by atoms with Gasteiger partial charge >= 0.3 is 0 Å². The van der Waals surface area contributed by atoms with Crippen molar-refractivity contribution in [2.75, 3.05) is 6.26 Å². The Balaban J connectivity index is 2.61. The summed E-state index contributed by atoms with van der Waals surface area (Å²) in [4.78, 5) is 11.9. The van der Waals surface area contributed by atoms with Crippen LogP contribution in [0.1, 0.15) is 39.5 Å². The first-order chi connectivity index (χ1) is 7.64. The number of nitrogens with two attached hydrogens (primary N) is 1. The molecule has 17 heavy (non-hydrogen) atoms. The molecule has 1 fully saturated rings. The molecule has 0 aromatic rings. The Morgan fingerprint density at radius 2 is 1.71 bits per heavy atom.